The first-order valence-electron chi connectivity index (χ1n) is 8.76. The number of carbonyl (C=O) groups is 1. The Morgan fingerprint density at radius 3 is 2.67 bits per heavy atom. The molecule has 1 heterocycles. The molecule has 1 amide bonds. The maximum atomic E-state index is 12.9. The van der Waals surface area contributed by atoms with Gasteiger partial charge in [0.2, 0.25) is 0 Å². The lowest BCUT2D eigenvalue weighted by Crippen LogP contribution is -2.44. The van der Waals surface area contributed by atoms with Crippen molar-refractivity contribution >= 4 is 43.8 Å². The molecule has 4 nitrogen and oxygen atoms in total. The Hall–Kier alpha value is -1.97. The average molecular weight is 489 g/mol. The lowest BCUT2D eigenvalue weighted by molar-refractivity contribution is -0.119. The number of nitrogens with one attached hydrogen (secondary N) is 1. The van der Waals surface area contributed by atoms with Crippen LogP contribution in [-0.4, -0.2) is 10.9 Å². The van der Waals surface area contributed by atoms with Gasteiger partial charge in [0, 0.05) is 15.1 Å². The summed E-state index contributed by atoms with van der Waals surface area (Å²) < 4.78 is 1.53. The lowest BCUT2D eigenvalue weighted by atomic mass is 9.87. The predicted octanol–water partition coefficient (Wildman–Crippen LogP) is 5.41. The highest BCUT2D eigenvalue weighted by Gasteiger charge is 2.37. The third kappa shape index (κ3) is 4.48. The van der Waals surface area contributed by atoms with Crippen LogP contribution in [0.5, 0.6) is 0 Å². The van der Waals surface area contributed by atoms with Gasteiger partial charge in [-0.05, 0) is 69.3 Å². The molecule has 138 valence electrons. The fourth-order valence-corrected chi connectivity index (χ4v) is 4.61. The fraction of sp³-hybridized carbons (Fsp3) is 0.286. The van der Waals surface area contributed by atoms with Gasteiger partial charge in [-0.3, -0.25) is 9.78 Å². The maximum Gasteiger partial charge on any atom is 0.262 e. The van der Waals surface area contributed by atoms with Gasteiger partial charge in [-0.15, -0.1) is 0 Å². The molecule has 2 aromatic rings. The Kier molecular flexibility index (Phi) is 6.13. The molecule has 1 saturated carbocycles. The van der Waals surface area contributed by atoms with Gasteiger partial charge in [0.25, 0.3) is 5.91 Å². The molecular formula is C21H19Br2N3O. The van der Waals surface area contributed by atoms with E-state index in [0.29, 0.717) is 10.2 Å². The number of nitriles is 1. The van der Waals surface area contributed by atoms with E-state index in [1.54, 1.807) is 6.20 Å². The SMILES string of the molecule is Cc1cccc(C2(NC(=O)/C(C#N)=C/c3ncc(Br)cc3Br)CCCC2)c1. The minimum absolute atomic E-state index is 0.0458. The molecule has 0 atom stereocenters. The first-order chi connectivity index (χ1) is 12.9. The van der Waals surface area contributed by atoms with Crippen LogP contribution in [0.3, 0.4) is 0 Å². The first-order valence-corrected chi connectivity index (χ1v) is 10.3. The topological polar surface area (TPSA) is 65.8 Å². The zero-order valence-corrected chi connectivity index (χ0v) is 18.1. The van der Waals surface area contributed by atoms with E-state index < -0.39 is 5.54 Å². The molecule has 1 N–H and O–H groups in total. The highest BCUT2D eigenvalue weighted by Crippen LogP contribution is 2.39. The molecule has 0 spiro atoms. The van der Waals surface area contributed by atoms with E-state index in [1.165, 1.54) is 6.08 Å². The van der Waals surface area contributed by atoms with Gasteiger partial charge in [0.15, 0.2) is 0 Å². The number of carbonyl (C=O) groups excluding carboxylic acids is 1. The summed E-state index contributed by atoms with van der Waals surface area (Å²) in [7, 11) is 0. The van der Waals surface area contributed by atoms with Crippen molar-refractivity contribution in [2.24, 2.45) is 0 Å². The number of rotatable bonds is 4. The Labute approximate surface area is 176 Å². The minimum Gasteiger partial charge on any atom is -0.342 e. The number of aromatic nitrogens is 1. The molecule has 27 heavy (non-hydrogen) atoms. The Morgan fingerprint density at radius 2 is 2.04 bits per heavy atom. The van der Waals surface area contributed by atoms with Gasteiger partial charge in [0.05, 0.1) is 11.2 Å². The summed E-state index contributed by atoms with van der Waals surface area (Å²) in [6.45, 7) is 2.05. The van der Waals surface area contributed by atoms with Crippen molar-refractivity contribution in [3.8, 4) is 6.07 Å². The lowest BCUT2D eigenvalue weighted by Gasteiger charge is -2.31. The normalized spacial score (nSPS) is 16.0. The van der Waals surface area contributed by atoms with Crippen LogP contribution in [0.25, 0.3) is 6.08 Å². The molecule has 0 saturated heterocycles. The summed E-state index contributed by atoms with van der Waals surface area (Å²) in [6.07, 6.45) is 7.01. The smallest absolute Gasteiger partial charge is 0.262 e. The van der Waals surface area contributed by atoms with Crippen molar-refractivity contribution in [3.05, 3.63) is 67.9 Å². The quantitative estimate of drug-likeness (QED) is 0.462. The van der Waals surface area contributed by atoms with E-state index in [9.17, 15) is 10.1 Å². The molecule has 1 aliphatic rings. The zero-order chi connectivity index (χ0) is 19.4. The second kappa shape index (κ2) is 8.37. The molecule has 0 radical (unpaired) electrons. The monoisotopic (exact) mass is 487 g/mol. The van der Waals surface area contributed by atoms with E-state index >= 15 is 0 Å². The second-order valence-corrected chi connectivity index (χ2v) is 8.57. The zero-order valence-electron chi connectivity index (χ0n) is 14.9. The molecule has 1 fully saturated rings. The second-order valence-electron chi connectivity index (χ2n) is 6.80. The standard InChI is InChI=1S/C21H19Br2N3O/c1-14-5-4-6-16(9-14)21(7-2-3-8-21)26-20(27)15(12-24)10-19-18(23)11-17(22)13-25-19/h4-6,9-11,13H,2-3,7-8H2,1H3,(H,26,27)/b15-10+. The minimum atomic E-state index is -0.413. The summed E-state index contributed by atoms with van der Waals surface area (Å²) >= 11 is 6.77. The largest absolute Gasteiger partial charge is 0.342 e. The molecule has 1 aromatic heterocycles. The van der Waals surface area contributed by atoms with Gasteiger partial charge in [-0.2, -0.15) is 5.26 Å². The van der Waals surface area contributed by atoms with Crippen LogP contribution in [-0.2, 0) is 10.3 Å². The van der Waals surface area contributed by atoms with Gasteiger partial charge < -0.3 is 5.32 Å². The van der Waals surface area contributed by atoms with Crippen LogP contribution < -0.4 is 5.32 Å². The molecule has 6 heteroatoms. The summed E-state index contributed by atoms with van der Waals surface area (Å²) in [6, 6.07) is 12.1. The van der Waals surface area contributed by atoms with E-state index in [0.717, 1.165) is 41.3 Å². The Morgan fingerprint density at radius 1 is 1.30 bits per heavy atom. The number of halogens is 2. The van der Waals surface area contributed by atoms with Crippen molar-refractivity contribution < 1.29 is 4.79 Å². The summed E-state index contributed by atoms with van der Waals surface area (Å²) in [5, 5.41) is 12.7. The van der Waals surface area contributed by atoms with Crippen LogP contribution in [0.4, 0.5) is 0 Å². The highest BCUT2D eigenvalue weighted by molar-refractivity contribution is 9.11. The fourth-order valence-electron chi connectivity index (χ4n) is 3.51. The summed E-state index contributed by atoms with van der Waals surface area (Å²) in [4.78, 5) is 17.2. The van der Waals surface area contributed by atoms with Crippen molar-refractivity contribution in [3.63, 3.8) is 0 Å². The molecule has 1 aliphatic carbocycles. The van der Waals surface area contributed by atoms with E-state index in [1.807, 2.05) is 31.2 Å². The van der Waals surface area contributed by atoms with E-state index in [4.69, 9.17) is 0 Å². The number of aryl methyl sites for hydroxylation is 1. The van der Waals surface area contributed by atoms with Crippen LogP contribution >= 0.6 is 31.9 Å². The average Bonchev–Trinajstić information content (AvgIpc) is 3.11. The number of benzene rings is 1. The highest BCUT2D eigenvalue weighted by atomic mass is 79.9. The van der Waals surface area contributed by atoms with Crippen molar-refractivity contribution in [2.45, 2.75) is 38.1 Å². The van der Waals surface area contributed by atoms with Gasteiger partial charge in [-0.25, -0.2) is 0 Å². The van der Waals surface area contributed by atoms with Crippen molar-refractivity contribution in [2.75, 3.05) is 0 Å². The molecule has 3 rings (SSSR count). The van der Waals surface area contributed by atoms with Crippen LogP contribution in [0, 0.1) is 18.3 Å². The summed E-state index contributed by atoms with van der Waals surface area (Å²) in [5.41, 5.74) is 2.44. The molecule has 1 aromatic carbocycles. The van der Waals surface area contributed by atoms with E-state index in [-0.39, 0.29) is 11.5 Å². The summed E-state index contributed by atoms with van der Waals surface area (Å²) in [5.74, 6) is -0.363. The van der Waals surface area contributed by atoms with Crippen molar-refractivity contribution in [1.82, 2.24) is 10.3 Å². The number of hydrogen-bond acceptors (Lipinski definition) is 3. The first kappa shape index (κ1) is 19.8. The van der Waals surface area contributed by atoms with Gasteiger partial charge in [0.1, 0.15) is 11.6 Å². The number of amides is 1. The molecule has 0 bridgehead atoms. The van der Waals surface area contributed by atoms with Crippen LogP contribution in [0.15, 0.2) is 51.0 Å². The van der Waals surface area contributed by atoms with Crippen LogP contribution in [0.2, 0.25) is 0 Å². The molecule has 0 unspecified atom stereocenters. The van der Waals surface area contributed by atoms with Crippen LogP contribution in [0.1, 0.15) is 42.5 Å². The van der Waals surface area contributed by atoms with Gasteiger partial charge in [-0.1, -0.05) is 42.7 Å². The van der Waals surface area contributed by atoms with Crippen molar-refractivity contribution in [1.29, 1.82) is 5.26 Å². The van der Waals surface area contributed by atoms with Gasteiger partial charge >= 0.3 is 0 Å². The molecule has 0 aliphatic heterocycles. The predicted molar refractivity (Wildman–Crippen MR) is 113 cm³/mol. The molecular weight excluding hydrogens is 470 g/mol. The number of hydrogen-bond donors (Lipinski definition) is 1. The Balaban J connectivity index is 1.91. The van der Waals surface area contributed by atoms with E-state index in [2.05, 4.69) is 54.3 Å². The number of nitrogens with zero attached hydrogens (tertiary/aromatic N) is 2. The number of pyridine rings is 1. The third-order valence-electron chi connectivity index (χ3n) is 4.86. The maximum absolute atomic E-state index is 12.9. The third-order valence-corrected chi connectivity index (χ3v) is 5.93. The Bertz CT molecular complexity index is 941.